The Labute approximate surface area is 237 Å². The van der Waals surface area contributed by atoms with Gasteiger partial charge in [0.15, 0.2) is 5.82 Å². The Morgan fingerprint density at radius 1 is 1.21 bits per heavy atom. The summed E-state index contributed by atoms with van der Waals surface area (Å²) in [4.78, 5) is 30.6. The van der Waals surface area contributed by atoms with Gasteiger partial charge in [-0.1, -0.05) is 18.2 Å². The summed E-state index contributed by atoms with van der Waals surface area (Å²) in [5, 5.41) is 19.2. The first-order chi connectivity index (χ1) is 18.3. The molecule has 4 rings (SSSR count). The van der Waals surface area contributed by atoms with E-state index in [1.807, 2.05) is 22.6 Å². The Kier molecular flexibility index (Phi) is 8.01. The molecule has 1 aromatic carbocycles. The fraction of sp³-hybridized carbons (Fsp3) is 0.174. The van der Waals surface area contributed by atoms with Crippen LogP contribution in [0.2, 0.25) is 5.02 Å². The van der Waals surface area contributed by atoms with Crippen molar-refractivity contribution in [1.29, 1.82) is 0 Å². The number of hydrogen-bond acceptors (Lipinski definition) is 7. The number of nitrogens with zero attached hydrogens (tertiary/aromatic N) is 7. The highest BCUT2D eigenvalue weighted by Gasteiger charge is 2.38. The number of hydrogen-bond donors (Lipinski definition) is 2. The van der Waals surface area contributed by atoms with Gasteiger partial charge in [0.05, 0.1) is 28.5 Å². The predicted octanol–water partition coefficient (Wildman–Crippen LogP) is 4.40. The van der Waals surface area contributed by atoms with E-state index in [0.29, 0.717) is 15.9 Å². The molecule has 0 saturated heterocycles. The second-order valence-corrected chi connectivity index (χ2v) is 9.89. The van der Waals surface area contributed by atoms with Crippen LogP contribution in [0.25, 0.3) is 5.82 Å². The molecule has 202 valence electrons. The van der Waals surface area contributed by atoms with Crippen molar-refractivity contribution in [3.63, 3.8) is 0 Å². The number of benzene rings is 1. The van der Waals surface area contributed by atoms with E-state index in [1.165, 1.54) is 18.3 Å². The Morgan fingerprint density at radius 2 is 1.95 bits per heavy atom. The third-order valence-electron chi connectivity index (χ3n) is 5.14. The maximum absolute atomic E-state index is 13.6. The molecule has 2 amide bonds. The first-order valence-corrected chi connectivity index (χ1v) is 12.4. The number of aromatic nitrogens is 7. The molecule has 39 heavy (non-hydrogen) atoms. The molecule has 0 saturated carbocycles. The number of carbonyl (C=O) groups excluding carboxylic acids is 2. The summed E-state index contributed by atoms with van der Waals surface area (Å²) in [6, 6.07) is 7.70. The first-order valence-electron chi connectivity index (χ1n) is 11.0. The minimum Gasteiger partial charge on any atom is -0.327 e. The standard InChI is InChI=1S/C23H18ClF3IN9O2/c1-11(2)30-20(38)15-8-13(28)7-12(3)18(15)31-21(39)17-9-14(10-36-22(23(25,26)27)32-34-35-36)33-37(17)19-16(24)5-4-6-29-19/h4-9H,1,10H2,2-3H3,(H,30,38)(H,31,39). The summed E-state index contributed by atoms with van der Waals surface area (Å²) < 4.78 is 42.2. The zero-order valence-corrected chi connectivity index (χ0v) is 23.1. The maximum atomic E-state index is 13.6. The molecule has 3 aromatic heterocycles. The van der Waals surface area contributed by atoms with E-state index < -0.39 is 30.4 Å². The zero-order chi connectivity index (χ0) is 28.5. The van der Waals surface area contributed by atoms with Gasteiger partial charge in [0.1, 0.15) is 5.69 Å². The van der Waals surface area contributed by atoms with Crippen LogP contribution < -0.4 is 10.6 Å². The number of alkyl halides is 3. The molecule has 0 fully saturated rings. The number of nitrogens with one attached hydrogen (secondary N) is 2. The van der Waals surface area contributed by atoms with E-state index in [0.717, 1.165) is 8.25 Å². The summed E-state index contributed by atoms with van der Waals surface area (Å²) >= 11 is 8.33. The number of aryl methyl sites for hydroxylation is 1. The van der Waals surface area contributed by atoms with Gasteiger partial charge in [-0.2, -0.15) is 18.3 Å². The predicted molar refractivity (Wildman–Crippen MR) is 142 cm³/mol. The van der Waals surface area contributed by atoms with Gasteiger partial charge in [-0.25, -0.2) is 14.3 Å². The van der Waals surface area contributed by atoms with Crippen LogP contribution >= 0.6 is 34.2 Å². The van der Waals surface area contributed by atoms with Crippen LogP contribution in [0.3, 0.4) is 0 Å². The number of pyridine rings is 1. The lowest BCUT2D eigenvalue weighted by Gasteiger charge is -2.15. The molecule has 0 aliphatic heterocycles. The Hall–Kier alpha value is -3.86. The fourth-order valence-corrected chi connectivity index (χ4v) is 4.54. The van der Waals surface area contributed by atoms with Gasteiger partial charge in [0.2, 0.25) is 0 Å². The van der Waals surface area contributed by atoms with Crippen LogP contribution in [0.1, 0.15) is 44.9 Å². The molecule has 16 heteroatoms. The van der Waals surface area contributed by atoms with Crippen molar-refractivity contribution in [2.45, 2.75) is 26.6 Å². The van der Waals surface area contributed by atoms with E-state index in [4.69, 9.17) is 11.6 Å². The second kappa shape index (κ2) is 11.1. The monoisotopic (exact) mass is 671 g/mol. The van der Waals surface area contributed by atoms with Crippen molar-refractivity contribution in [2.24, 2.45) is 0 Å². The lowest BCUT2D eigenvalue weighted by atomic mass is 10.1. The van der Waals surface area contributed by atoms with Gasteiger partial charge in [-0.3, -0.25) is 9.59 Å². The van der Waals surface area contributed by atoms with Crippen molar-refractivity contribution < 1.29 is 22.8 Å². The van der Waals surface area contributed by atoms with Crippen LogP contribution in [0.5, 0.6) is 0 Å². The molecule has 0 spiro atoms. The third kappa shape index (κ3) is 6.25. The summed E-state index contributed by atoms with van der Waals surface area (Å²) in [6.45, 7) is 6.49. The summed E-state index contributed by atoms with van der Waals surface area (Å²) in [7, 11) is 0. The second-order valence-electron chi connectivity index (χ2n) is 8.23. The number of amides is 2. The number of anilines is 1. The molecule has 0 aliphatic rings. The third-order valence-corrected chi connectivity index (χ3v) is 6.06. The highest BCUT2D eigenvalue weighted by Crippen LogP contribution is 2.28. The fourth-order valence-electron chi connectivity index (χ4n) is 3.56. The molecular formula is C23H18ClF3IN9O2. The lowest BCUT2D eigenvalue weighted by molar-refractivity contribution is -0.147. The van der Waals surface area contributed by atoms with E-state index in [1.54, 1.807) is 32.0 Å². The number of rotatable bonds is 7. The van der Waals surface area contributed by atoms with Gasteiger partial charge in [-0.15, -0.1) is 5.10 Å². The molecule has 0 unspecified atom stereocenters. The number of carbonyl (C=O) groups is 2. The van der Waals surface area contributed by atoms with Gasteiger partial charge in [0.25, 0.3) is 17.6 Å². The van der Waals surface area contributed by atoms with Crippen molar-refractivity contribution >= 4 is 51.7 Å². The molecule has 0 aliphatic carbocycles. The smallest absolute Gasteiger partial charge is 0.327 e. The van der Waals surface area contributed by atoms with E-state index in [2.05, 4.69) is 42.8 Å². The normalized spacial score (nSPS) is 11.4. The maximum Gasteiger partial charge on any atom is 0.453 e. The highest BCUT2D eigenvalue weighted by atomic mass is 127. The summed E-state index contributed by atoms with van der Waals surface area (Å²) in [6.07, 6.45) is -3.39. The number of halogens is 5. The van der Waals surface area contributed by atoms with Gasteiger partial charge < -0.3 is 10.6 Å². The Bertz CT molecular complexity index is 1600. The minimum absolute atomic E-state index is 0.0132. The van der Waals surface area contributed by atoms with Crippen LogP contribution in [-0.4, -0.2) is 46.8 Å². The molecule has 11 nitrogen and oxygen atoms in total. The van der Waals surface area contributed by atoms with Gasteiger partial charge >= 0.3 is 6.18 Å². The topological polar surface area (TPSA) is 133 Å². The Morgan fingerprint density at radius 3 is 2.62 bits per heavy atom. The number of tetrazole rings is 1. The molecule has 4 aromatic rings. The average molecular weight is 672 g/mol. The molecule has 0 bridgehead atoms. The van der Waals surface area contributed by atoms with Crippen molar-refractivity contribution in [1.82, 2.24) is 40.3 Å². The summed E-state index contributed by atoms with van der Waals surface area (Å²) in [5.41, 5.74) is 1.30. The molecular weight excluding hydrogens is 654 g/mol. The van der Waals surface area contributed by atoms with E-state index >= 15 is 0 Å². The Balaban J connectivity index is 1.78. The van der Waals surface area contributed by atoms with Crippen LogP contribution in [-0.2, 0) is 12.7 Å². The molecule has 0 radical (unpaired) electrons. The molecule has 2 N–H and O–H groups in total. The first kappa shape index (κ1) is 28.2. The summed E-state index contributed by atoms with van der Waals surface area (Å²) in [5.74, 6) is -2.49. The molecule has 3 heterocycles. The zero-order valence-electron chi connectivity index (χ0n) is 20.2. The van der Waals surface area contributed by atoms with Crippen LogP contribution in [0.4, 0.5) is 18.9 Å². The molecule has 0 atom stereocenters. The van der Waals surface area contributed by atoms with Crippen molar-refractivity contribution in [2.75, 3.05) is 5.32 Å². The van der Waals surface area contributed by atoms with Gasteiger partial charge in [0, 0.05) is 15.5 Å². The van der Waals surface area contributed by atoms with Crippen molar-refractivity contribution in [3.8, 4) is 5.82 Å². The highest BCUT2D eigenvalue weighted by molar-refractivity contribution is 14.1. The lowest BCUT2D eigenvalue weighted by Crippen LogP contribution is -2.25. The SMILES string of the molecule is C=C(C)NC(=O)c1cc(I)cc(C)c1NC(=O)c1cc(Cn2nnnc2C(F)(F)F)nn1-c1ncccc1Cl. The average Bonchev–Trinajstić information content (AvgIpc) is 3.48. The largest absolute Gasteiger partial charge is 0.453 e. The number of allylic oxidation sites excluding steroid dienone is 1. The van der Waals surface area contributed by atoms with Crippen LogP contribution in [0.15, 0.2) is 48.8 Å². The van der Waals surface area contributed by atoms with Crippen LogP contribution in [0, 0.1) is 10.5 Å². The van der Waals surface area contributed by atoms with E-state index in [-0.39, 0.29) is 33.5 Å². The van der Waals surface area contributed by atoms with Crippen molar-refractivity contribution in [3.05, 3.63) is 85.7 Å². The quantitative estimate of drug-likeness (QED) is 0.279. The minimum atomic E-state index is -4.81. The van der Waals surface area contributed by atoms with Gasteiger partial charge in [-0.05, 0) is 82.8 Å². The van der Waals surface area contributed by atoms with E-state index in [9.17, 15) is 22.8 Å².